The number of sulfonamides is 1. The summed E-state index contributed by atoms with van der Waals surface area (Å²) in [7, 11) is -6.57. The summed E-state index contributed by atoms with van der Waals surface area (Å²) in [6.07, 6.45) is 0.521. The molecule has 2 N–H and O–H groups in total. The molecule has 2 aliphatic heterocycles. The molecule has 0 saturated carbocycles. The molecular weight excluding hydrogens is 870 g/mol. The molecule has 314 valence electrons. The van der Waals surface area contributed by atoms with E-state index in [1.807, 2.05) is 18.2 Å². The number of rotatable bonds is 16. The number of fused-ring (bicyclic) bond motifs is 1. The number of esters is 2. The number of hydrogen-bond acceptors (Lipinski definition) is 12. The van der Waals surface area contributed by atoms with Crippen LogP contribution in [0.4, 0.5) is 10.5 Å². The Kier molecular flexibility index (Phi) is 16.3. The molecular formula is C36H44Cl4N4O11S2. The van der Waals surface area contributed by atoms with E-state index in [9.17, 15) is 36.0 Å². The Morgan fingerprint density at radius 1 is 1.04 bits per heavy atom. The summed E-state index contributed by atoms with van der Waals surface area (Å²) in [5.74, 6) is -2.54. The molecule has 2 aromatic rings. The third-order valence-corrected chi connectivity index (χ3v) is 12.0. The van der Waals surface area contributed by atoms with Crippen molar-refractivity contribution >= 4 is 102 Å². The number of nitrogens with one attached hydrogen (secondary N) is 2. The second-order valence-electron chi connectivity index (χ2n) is 13.4. The number of nitrogens with zero attached hydrogens (tertiary/aromatic N) is 2. The van der Waals surface area contributed by atoms with Crippen molar-refractivity contribution in [2.24, 2.45) is 0 Å². The van der Waals surface area contributed by atoms with Gasteiger partial charge in [0.25, 0.3) is 0 Å². The topological polar surface area (TPSA) is 195 Å². The molecule has 21 heteroatoms. The van der Waals surface area contributed by atoms with Crippen LogP contribution < -0.4 is 10.0 Å². The van der Waals surface area contributed by atoms with Crippen LogP contribution in [0.15, 0.2) is 47.4 Å². The monoisotopic (exact) mass is 912 g/mol. The van der Waals surface area contributed by atoms with Gasteiger partial charge in [0.1, 0.15) is 35.3 Å². The van der Waals surface area contributed by atoms with Crippen LogP contribution in [0.25, 0.3) is 0 Å². The van der Waals surface area contributed by atoms with Crippen LogP contribution in [-0.2, 0) is 61.8 Å². The van der Waals surface area contributed by atoms with Gasteiger partial charge < -0.3 is 24.4 Å². The molecule has 15 nitrogen and oxygen atoms in total. The molecule has 1 saturated heterocycles. The lowest BCUT2D eigenvalue weighted by atomic mass is 10.0. The molecule has 2 amide bonds. The van der Waals surface area contributed by atoms with Gasteiger partial charge in [-0.1, -0.05) is 76.7 Å². The lowest BCUT2D eigenvalue weighted by Gasteiger charge is -2.38. The van der Waals surface area contributed by atoms with E-state index in [0.29, 0.717) is 31.2 Å². The first-order chi connectivity index (χ1) is 26.8. The summed E-state index contributed by atoms with van der Waals surface area (Å²) in [5.41, 5.74) is -0.195. The van der Waals surface area contributed by atoms with Crippen LogP contribution in [0.1, 0.15) is 64.0 Å². The highest BCUT2D eigenvalue weighted by Crippen LogP contribution is 2.40. The normalized spacial score (nSPS) is 19.4. The van der Waals surface area contributed by atoms with Gasteiger partial charge in [-0.05, 0) is 82.6 Å². The summed E-state index contributed by atoms with van der Waals surface area (Å²) in [6.45, 7) is 3.19. The van der Waals surface area contributed by atoms with Crippen molar-refractivity contribution in [1.29, 1.82) is 0 Å². The number of likely N-dealkylation sites (tertiary alicyclic amines) is 1. The average molecular weight is 915 g/mol. The van der Waals surface area contributed by atoms with Gasteiger partial charge in [-0.3, -0.25) is 9.69 Å². The second kappa shape index (κ2) is 20.1. The fourth-order valence-corrected chi connectivity index (χ4v) is 9.08. The van der Waals surface area contributed by atoms with E-state index in [0.717, 1.165) is 20.7 Å². The van der Waals surface area contributed by atoms with Crippen molar-refractivity contribution in [1.82, 2.24) is 14.5 Å². The van der Waals surface area contributed by atoms with Crippen molar-refractivity contribution in [3.05, 3.63) is 58.6 Å². The van der Waals surface area contributed by atoms with Crippen LogP contribution in [0.2, 0.25) is 5.02 Å². The van der Waals surface area contributed by atoms with Crippen molar-refractivity contribution in [3.8, 4) is 0 Å². The first-order valence-electron chi connectivity index (χ1n) is 18.1. The fourth-order valence-electron chi connectivity index (χ4n) is 6.78. The van der Waals surface area contributed by atoms with Gasteiger partial charge in [0.2, 0.25) is 30.0 Å². The van der Waals surface area contributed by atoms with E-state index in [4.69, 9.17) is 60.6 Å². The number of unbranched alkanes of at least 4 members (excludes halogenated alkanes) is 2. The summed E-state index contributed by atoms with van der Waals surface area (Å²) in [5, 5.41) is 4.54. The second-order valence-corrected chi connectivity index (χ2v) is 18.8. The smallest absolute Gasteiger partial charge is 0.411 e. The van der Waals surface area contributed by atoms with E-state index in [1.165, 1.54) is 19.1 Å². The number of anilines is 1. The highest BCUT2D eigenvalue weighted by Gasteiger charge is 2.55. The minimum absolute atomic E-state index is 0.0189. The molecule has 2 aliphatic rings. The van der Waals surface area contributed by atoms with Crippen molar-refractivity contribution in [2.45, 2.75) is 98.2 Å². The summed E-state index contributed by atoms with van der Waals surface area (Å²) in [4.78, 5) is 57.4. The zero-order valence-corrected chi connectivity index (χ0v) is 36.0. The van der Waals surface area contributed by atoms with Gasteiger partial charge in [-0.25, -0.2) is 22.8 Å². The Hall–Kier alpha value is -3.32. The van der Waals surface area contributed by atoms with Crippen LogP contribution in [0.5, 0.6) is 0 Å². The molecule has 0 aromatic heterocycles. The number of carbonyl (C=O) groups is 4. The van der Waals surface area contributed by atoms with Crippen LogP contribution >= 0.6 is 46.4 Å². The summed E-state index contributed by atoms with van der Waals surface area (Å²) >= 11 is 24.2. The van der Waals surface area contributed by atoms with Crippen LogP contribution in [-0.4, -0.2) is 110 Å². The van der Waals surface area contributed by atoms with Gasteiger partial charge in [0, 0.05) is 16.8 Å². The zero-order valence-electron chi connectivity index (χ0n) is 31.3. The highest BCUT2D eigenvalue weighted by molar-refractivity contribution is 7.89. The van der Waals surface area contributed by atoms with Gasteiger partial charge in [0.15, 0.2) is 0 Å². The van der Waals surface area contributed by atoms with E-state index in [2.05, 4.69) is 10.0 Å². The van der Waals surface area contributed by atoms with Crippen molar-refractivity contribution < 1.29 is 50.2 Å². The third kappa shape index (κ3) is 12.3. The quantitative estimate of drug-likeness (QED) is 0.0749. The van der Waals surface area contributed by atoms with Gasteiger partial charge >= 0.3 is 18.0 Å². The first-order valence-corrected chi connectivity index (χ1v) is 22.2. The minimum atomic E-state index is -4.30. The molecule has 4 atom stereocenters. The standard InChI is InChI=1S/C36H44Cl4N4O11S2/c1-4-53-32(46)28(16-15-24-12-8-6-9-13-24)44(34(48)55-22-36(38,39)40)23(3)31(45)43-21-35(20-29(43)33(47)54-5-2)41-27-19-26(37)25(14-10-7-11-17-56(49)50)18-30(27)57(51,52)42-35/h6,8-9,12-13,17-19,23,28-29,41-42H,4-5,7,10-11,14-16,20-22H2,1-3H3/t23-,28-,29-,35?/m0/s1. The summed E-state index contributed by atoms with van der Waals surface area (Å²) < 4.78 is 65.9. The predicted molar refractivity (Wildman–Crippen MR) is 216 cm³/mol. The van der Waals surface area contributed by atoms with E-state index in [-0.39, 0.29) is 48.1 Å². The van der Waals surface area contributed by atoms with Gasteiger partial charge in [0.05, 0.1) is 25.4 Å². The SMILES string of the molecule is CCOC(=O)[C@@H]1CC2(CN1C(=O)[C@H](C)N(C(=O)OCC(Cl)(Cl)Cl)[C@@H](CCc1ccccc1)C(=O)OCC)Nc1cc(Cl)c(CCCCC=S(=O)=O)cc1S(=O)(=O)N2. The maximum Gasteiger partial charge on any atom is 0.411 e. The fraction of sp³-hybridized carbons (Fsp3) is 0.528. The van der Waals surface area contributed by atoms with E-state index < -0.39 is 85.0 Å². The predicted octanol–water partition coefficient (Wildman–Crippen LogP) is 5.06. The molecule has 2 aromatic carbocycles. The number of hydrogen-bond donors (Lipinski definition) is 2. The lowest BCUT2D eigenvalue weighted by Crippen LogP contribution is -2.60. The Labute approximate surface area is 353 Å². The molecule has 1 fully saturated rings. The number of halogens is 4. The summed E-state index contributed by atoms with van der Waals surface area (Å²) in [6, 6.07) is 7.64. The van der Waals surface area contributed by atoms with Gasteiger partial charge in [-0.2, -0.15) is 13.1 Å². The van der Waals surface area contributed by atoms with Crippen LogP contribution in [0.3, 0.4) is 0 Å². The van der Waals surface area contributed by atoms with Crippen molar-refractivity contribution in [2.75, 3.05) is 31.7 Å². The number of aryl methyl sites for hydroxylation is 2. The molecule has 2 heterocycles. The number of ether oxygens (including phenoxy) is 3. The zero-order chi connectivity index (χ0) is 42.1. The first kappa shape index (κ1) is 46.4. The molecule has 57 heavy (non-hydrogen) atoms. The maximum atomic E-state index is 14.7. The Bertz CT molecular complexity index is 2050. The third-order valence-electron chi connectivity index (χ3n) is 9.28. The average Bonchev–Trinajstić information content (AvgIpc) is 3.49. The molecule has 0 radical (unpaired) electrons. The number of alkyl halides is 3. The molecule has 1 spiro atoms. The highest BCUT2D eigenvalue weighted by atomic mass is 35.6. The Morgan fingerprint density at radius 2 is 1.72 bits per heavy atom. The minimum Gasteiger partial charge on any atom is -0.464 e. The molecule has 1 unspecified atom stereocenters. The Morgan fingerprint density at radius 3 is 2.35 bits per heavy atom. The van der Waals surface area contributed by atoms with E-state index >= 15 is 0 Å². The Balaban J connectivity index is 1.70. The lowest BCUT2D eigenvalue weighted by molar-refractivity contribution is -0.157. The maximum absolute atomic E-state index is 14.7. The van der Waals surface area contributed by atoms with E-state index in [1.54, 1.807) is 26.0 Å². The number of amides is 2. The number of carbonyl (C=O) groups excluding carboxylic acids is 4. The molecule has 0 bridgehead atoms. The van der Waals surface area contributed by atoms with Crippen molar-refractivity contribution in [3.63, 3.8) is 0 Å². The molecule has 0 aliphatic carbocycles. The molecule has 4 rings (SSSR count). The van der Waals surface area contributed by atoms with Gasteiger partial charge in [-0.15, -0.1) is 0 Å². The number of benzene rings is 2. The van der Waals surface area contributed by atoms with Crippen LogP contribution in [0, 0.1) is 0 Å². The largest absolute Gasteiger partial charge is 0.464 e.